The van der Waals surface area contributed by atoms with Gasteiger partial charge >= 0.3 is 12.1 Å². The van der Waals surface area contributed by atoms with E-state index in [1.807, 2.05) is 0 Å². The minimum absolute atomic E-state index is 0.0426. The number of carbonyl (C=O) groups is 2. The van der Waals surface area contributed by atoms with Gasteiger partial charge in [0.2, 0.25) is 0 Å². The van der Waals surface area contributed by atoms with Crippen LogP contribution in [0.1, 0.15) is 23.7 Å². The molecule has 2 unspecified atom stereocenters. The van der Waals surface area contributed by atoms with Gasteiger partial charge in [0.15, 0.2) is 5.41 Å². The molecule has 0 bridgehead atoms. The highest BCUT2D eigenvalue weighted by Gasteiger charge is 2.64. The van der Waals surface area contributed by atoms with Crippen molar-refractivity contribution < 1.29 is 32.1 Å². The van der Waals surface area contributed by atoms with E-state index in [-0.39, 0.29) is 22.8 Å². The van der Waals surface area contributed by atoms with Crippen LogP contribution < -0.4 is 0 Å². The zero-order chi connectivity index (χ0) is 18.1. The highest BCUT2D eigenvalue weighted by molar-refractivity contribution is 7.85. The summed E-state index contributed by atoms with van der Waals surface area (Å²) in [6.07, 6.45) is -5.66. The summed E-state index contributed by atoms with van der Waals surface area (Å²) < 4.78 is 51.6. The molecular weight excluding hydrogens is 347 g/mol. The zero-order valence-corrected chi connectivity index (χ0v) is 13.6. The van der Waals surface area contributed by atoms with Gasteiger partial charge in [-0.1, -0.05) is 19.1 Å². The van der Waals surface area contributed by atoms with Gasteiger partial charge in [0.05, 0.1) is 21.3 Å². The number of alkyl halides is 3. The van der Waals surface area contributed by atoms with E-state index in [1.54, 1.807) is 13.0 Å². The maximum absolute atomic E-state index is 13.2. The van der Waals surface area contributed by atoms with Crippen LogP contribution in [-0.2, 0) is 15.6 Å². The first-order chi connectivity index (χ1) is 11.1. The van der Waals surface area contributed by atoms with Crippen molar-refractivity contribution >= 4 is 22.7 Å². The molecular formula is C15H16F3NO4S. The van der Waals surface area contributed by atoms with Gasteiger partial charge in [-0.2, -0.15) is 13.2 Å². The fraction of sp³-hybridized carbons (Fsp3) is 0.467. The van der Waals surface area contributed by atoms with Gasteiger partial charge in [0, 0.05) is 18.8 Å². The predicted molar refractivity (Wildman–Crippen MR) is 80.0 cm³/mol. The standard InChI is InChI=1S/C15H16F3NO4S/c1-2-24(23)11-6-4-3-5-10(11)12(20)19-8-7-14(9-19,13(21)22)15(16,17)18/h3-6H,2,7-9H2,1H3,(H,21,22). The van der Waals surface area contributed by atoms with Crippen molar-refractivity contribution in [2.75, 3.05) is 18.8 Å². The fourth-order valence-corrected chi connectivity index (χ4v) is 3.62. The van der Waals surface area contributed by atoms with Crippen LogP contribution in [0.15, 0.2) is 29.2 Å². The summed E-state index contributed by atoms with van der Waals surface area (Å²) in [6.45, 7) is 0.391. The third-order valence-corrected chi connectivity index (χ3v) is 5.50. The third-order valence-electron chi connectivity index (χ3n) is 4.13. The van der Waals surface area contributed by atoms with Crippen LogP contribution in [0.5, 0.6) is 0 Å². The van der Waals surface area contributed by atoms with E-state index < -0.39 is 47.2 Å². The van der Waals surface area contributed by atoms with Crippen LogP contribution in [0.2, 0.25) is 0 Å². The number of halogens is 3. The summed E-state index contributed by atoms with van der Waals surface area (Å²) in [7, 11) is -1.45. The van der Waals surface area contributed by atoms with Gasteiger partial charge < -0.3 is 10.0 Å². The quantitative estimate of drug-likeness (QED) is 0.891. The first-order valence-corrected chi connectivity index (χ1v) is 8.52. The summed E-state index contributed by atoms with van der Waals surface area (Å²) in [5.41, 5.74) is -2.91. The lowest BCUT2D eigenvalue weighted by Crippen LogP contribution is -2.47. The van der Waals surface area contributed by atoms with E-state index in [9.17, 15) is 27.0 Å². The van der Waals surface area contributed by atoms with Gasteiger partial charge in [-0.15, -0.1) is 0 Å². The van der Waals surface area contributed by atoms with E-state index in [2.05, 4.69) is 0 Å². The summed E-state index contributed by atoms with van der Waals surface area (Å²) in [5, 5.41) is 9.04. The van der Waals surface area contributed by atoms with E-state index in [1.165, 1.54) is 18.2 Å². The molecule has 0 aliphatic carbocycles. The number of nitrogens with zero attached hydrogens (tertiary/aromatic N) is 1. The predicted octanol–water partition coefficient (Wildman–Crippen LogP) is 2.29. The molecule has 24 heavy (non-hydrogen) atoms. The number of likely N-dealkylation sites (tertiary alicyclic amines) is 1. The highest BCUT2D eigenvalue weighted by atomic mass is 32.2. The molecule has 0 radical (unpaired) electrons. The maximum atomic E-state index is 13.2. The van der Waals surface area contributed by atoms with Crippen LogP contribution >= 0.6 is 0 Å². The molecule has 9 heteroatoms. The largest absolute Gasteiger partial charge is 0.481 e. The minimum atomic E-state index is -4.96. The SMILES string of the molecule is CCS(=O)c1ccccc1C(=O)N1CCC(C(=O)O)(C(F)(F)F)C1. The smallest absolute Gasteiger partial charge is 0.406 e. The molecule has 1 fully saturated rings. The van der Waals surface area contributed by atoms with Gasteiger partial charge in [0.25, 0.3) is 5.91 Å². The molecule has 1 N–H and O–H groups in total. The topological polar surface area (TPSA) is 74.7 Å². The van der Waals surface area contributed by atoms with Crippen molar-refractivity contribution in [2.24, 2.45) is 5.41 Å². The number of carboxylic acid groups (broad SMARTS) is 1. The first-order valence-electron chi connectivity index (χ1n) is 7.21. The number of carboxylic acids is 1. The number of carbonyl (C=O) groups excluding carboxylic acids is 1. The van der Waals surface area contributed by atoms with Crippen molar-refractivity contribution in [1.82, 2.24) is 4.90 Å². The Bertz CT molecular complexity index is 692. The second-order valence-electron chi connectivity index (χ2n) is 5.49. The van der Waals surface area contributed by atoms with Gasteiger partial charge in [0.1, 0.15) is 0 Å². The Morgan fingerprint density at radius 2 is 1.96 bits per heavy atom. The van der Waals surface area contributed by atoms with Crippen LogP contribution in [0, 0.1) is 5.41 Å². The van der Waals surface area contributed by atoms with E-state index >= 15 is 0 Å². The van der Waals surface area contributed by atoms with Crippen LogP contribution in [0.25, 0.3) is 0 Å². The Labute approximate surface area is 138 Å². The summed E-state index contributed by atoms with van der Waals surface area (Å²) in [4.78, 5) is 24.9. The molecule has 2 atom stereocenters. The number of aliphatic carboxylic acids is 1. The second-order valence-corrected chi connectivity index (χ2v) is 7.20. The van der Waals surface area contributed by atoms with Gasteiger partial charge in [-0.05, 0) is 18.6 Å². The molecule has 0 aromatic heterocycles. The van der Waals surface area contributed by atoms with Crippen molar-refractivity contribution in [3.63, 3.8) is 0 Å². The molecule has 1 amide bonds. The number of hydrogen-bond acceptors (Lipinski definition) is 3. The lowest BCUT2D eigenvalue weighted by molar-refractivity contribution is -0.227. The monoisotopic (exact) mass is 363 g/mol. The molecule has 1 aromatic rings. The van der Waals surface area contributed by atoms with E-state index in [4.69, 9.17) is 5.11 Å². The van der Waals surface area contributed by atoms with Gasteiger partial charge in [-0.25, -0.2) is 0 Å². The Kier molecular flexibility index (Phi) is 5.03. The van der Waals surface area contributed by atoms with Gasteiger partial charge in [-0.3, -0.25) is 13.8 Å². The molecule has 1 saturated heterocycles. The first kappa shape index (κ1) is 18.4. The van der Waals surface area contributed by atoms with Crippen molar-refractivity contribution in [2.45, 2.75) is 24.4 Å². The van der Waals surface area contributed by atoms with Crippen LogP contribution in [0.3, 0.4) is 0 Å². The zero-order valence-electron chi connectivity index (χ0n) is 12.8. The molecule has 5 nitrogen and oxygen atoms in total. The number of rotatable bonds is 4. The molecule has 1 aromatic carbocycles. The maximum Gasteiger partial charge on any atom is 0.406 e. The van der Waals surface area contributed by atoms with Crippen molar-refractivity contribution in [1.29, 1.82) is 0 Å². The molecule has 1 aliphatic heterocycles. The number of amides is 1. The molecule has 132 valence electrons. The summed E-state index contributed by atoms with van der Waals surface area (Å²) >= 11 is 0. The normalized spacial score (nSPS) is 22.4. The summed E-state index contributed by atoms with van der Waals surface area (Å²) in [5.74, 6) is -2.47. The van der Waals surface area contributed by atoms with Crippen LogP contribution in [0.4, 0.5) is 13.2 Å². The Morgan fingerprint density at radius 1 is 1.33 bits per heavy atom. The minimum Gasteiger partial charge on any atom is -0.481 e. The number of hydrogen-bond donors (Lipinski definition) is 1. The van der Waals surface area contributed by atoms with Crippen molar-refractivity contribution in [3.05, 3.63) is 29.8 Å². The van der Waals surface area contributed by atoms with E-state index in [0.29, 0.717) is 0 Å². The van der Waals surface area contributed by atoms with Crippen molar-refractivity contribution in [3.8, 4) is 0 Å². The Morgan fingerprint density at radius 3 is 2.46 bits per heavy atom. The molecule has 1 aliphatic rings. The Balaban J connectivity index is 2.34. The lowest BCUT2D eigenvalue weighted by atomic mass is 9.86. The average Bonchev–Trinajstić information content (AvgIpc) is 3.00. The second kappa shape index (κ2) is 6.54. The highest BCUT2D eigenvalue weighted by Crippen LogP contribution is 2.46. The molecule has 0 saturated carbocycles. The average molecular weight is 363 g/mol. The molecule has 2 rings (SSSR count). The van der Waals surface area contributed by atoms with Crippen LogP contribution in [-0.4, -0.2) is 51.1 Å². The number of benzene rings is 1. The fourth-order valence-electron chi connectivity index (χ4n) is 2.68. The third kappa shape index (κ3) is 3.04. The lowest BCUT2D eigenvalue weighted by Gasteiger charge is -2.27. The Hall–Kier alpha value is -1.90. The molecule has 1 heterocycles. The van der Waals surface area contributed by atoms with E-state index in [0.717, 1.165) is 4.90 Å². The summed E-state index contributed by atoms with van der Waals surface area (Å²) in [6, 6.07) is 5.98. The molecule has 0 spiro atoms.